The van der Waals surface area contributed by atoms with Gasteiger partial charge in [-0.2, -0.15) is 0 Å². The minimum atomic E-state index is 0.228. The topological polar surface area (TPSA) is 46.3 Å². The molecule has 0 aromatic carbocycles. The molecule has 0 aromatic heterocycles. The van der Waals surface area contributed by atoms with Crippen molar-refractivity contribution in [1.82, 2.24) is 4.90 Å². The van der Waals surface area contributed by atoms with Gasteiger partial charge >= 0.3 is 0 Å². The molecule has 2 unspecified atom stereocenters. The lowest BCUT2D eigenvalue weighted by Crippen LogP contribution is -2.51. The molecule has 3 nitrogen and oxygen atoms in total. The third kappa shape index (κ3) is 2.01. The highest BCUT2D eigenvalue weighted by Gasteiger charge is 2.52. The molecule has 4 saturated carbocycles. The van der Waals surface area contributed by atoms with Gasteiger partial charge in [-0.15, -0.1) is 0 Å². The monoisotopic (exact) mass is 276 g/mol. The maximum absolute atomic E-state index is 13.0. The predicted octanol–water partition coefficient (Wildman–Crippen LogP) is 2.25. The number of carbonyl (C=O) groups excluding carboxylic acids is 1. The van der Waals surface area contributed by atoms with Crippen LogP contribution in [0.4, 0.5) is 0 Å². The average molecular weight is 276 g/mol. The van der Waals surface area contributed by atoms with E-state index in [1.165, 1.54) is 32.1 Å². The van der Waals surface area contributed by atoms with Gasteiger partial charge in [0.1, 0.15) is 0 Å². The zero-order valence-electron chi connectivity index (χ0n) is 12.6. The van der Waals surface area contributed by atoms with Gasteiger partial charge < -0.3 is 10.6 Å². The molecule has 1 amide bonds. The Morgan fingerprint density at radius 1 is 1.10 bits per heavy atom. The van der Waals surface area contributed by atoms with Crippen LogP contribution in [0.5, 0.6) is 0 Å². The number of hydrogen-bond acceptors (Lipinski definition) is 2. The van der Waals surface area contributed by atoms with Crippen molar-refractivity contribution in [2.45, 2.75) is 51.5 Å². The van der Waals surface area contributed by atoms with E-state index in [-0.39, 0.29) is 6.04 Å². The molecule has 20 heavy (non-hydrogen) atoms. The van der Waals surface area contributed by atoms with Crippen molar-refractivity contribution in [2.75, 3.05) is 13.1 Å². The lowest BCUT2D eigenvalue weighted by Gasteiger charge is -2.54. The molecule has 2 N–H and O–H groups in total. The summed E-state index contributed by atoms with van der Waals surface area (Å²) in [5.41, 5.74) is 6.02. The van der Waals surface area contributed by atoms with Crippen LogP contribution in [-0.2, 0) is 4.79 Å². The molecule has 0 aromatic rings. The number of nitrogens with zero attached hydrogens (tertiary/aromatic N) is 1. The molecule has 0 radical (unpaired) electrons. The van der Waals surface area contributed by atoms with Crippen LogP contribution in [0.1, 0.15) is 45.4 Å². The third-order valence-corrected chi connectivity index (χ3v) is 6.79. The minimum absolute atomic E-state index is 0.228. The summed E-state index contributed by atoms with van der Waals surface area (Å²) in [4.78, 5) is 15.1. The highest BCUT2D eigenvalue weighted by atomic mass is 16.2. The Balaban J connectivity index is 1.47. The second-order valence-electron chi connectivity index (χ2n) is 8.15. The summed E-state index contributed by atoms with van der Waals surface area (Å²) in [7, 11) is 0. The summed E-state index contributed by atoms with van der Waals surface area (Å²) in [6.07, 6.45) is 7.94. The van der Waals surface area contributed by atoms with E-state index in [4.69, 9.17) is 5.73 Å². The minimum Gasteiger partial charge on any atom is -0.342 e. The first-order chi connectivity index (χ1) is 9.61. The van der Waals surface area contributed by atoms with Gasteiger partial charge in [-0.05, 0) is 75.0 Å². The van der Waals surface area contributed by atoms with Crippen LogP contribution in [0.2, 0.25) is 0 Å². The maximum atomic E-state index is 13.0. The molecule has 1 aliphatic heterocycles. The van der Waals surface area contributed by atoms with Crippen LogP contribution in [-0.4, -0.2) is 29.9 Å². The van der Waals surface area contributed by atoms with E-state index >= 15 is 0 Å². The molecule has 4 bridgehead atoms. The second kappa shape index (κ2) is 4.72. The Morgan fingerprint density at radius 2 is 1.70 bits per heavy atom. The molecule has 5 fully saturated rings. The fourth-order valence-corrected chi connectivity index (χ4v) is 5.96. The van der Waals surface area contributed by atoms with Gasteiger partial charge in [-0.25, -0.2) is 0 Å². The summed E-state index contributed by atoms with van der Waals surface area (Å²) in [6, 6.07) is 0.228. The highest BCUT2D eigenvalue weighted by Crippen LogP contribution is 2.57. The van der Waals surface area contributed by atoms with Crippen LogP contribution in [0.25, 0.3) is 0 Å². The number of hydrogen-bond donors (Lipinski definition) is 1. The second-order valence-corrected chi connectivity index (χ2v) is 8.15. The van der Waals surface area contributed by atoms with Gasteiger partial charge in [0.05, 0.1) is 0 Å². The van der Waals surface area contributed by atoms with E-state index in [2.05, 4.69) is 11.8 Å². The summed E-state index contributed by atoms with van der Waals surface area (Å²) < 4.78 is 0. The standard InChI is InChI=1S/C17H28N2O/c1-10(18)13-2-3-19(9-13)17(20)16-14-5-11-4-12(7-14)8-15(16)6-11/h10-16H,2-9,18H2,1H3. The zero-order chi connectivity index (χ0) is 13.9. The largest absolute Gasteiger partial charge is 0.342 e. The first kappa shape index (κ1) is 13.1. The van der Waals surface area contributed by atoms with E-state index in [1.54, 1.807) is 0 Å². The maximum Gasteiger partial charge on any atom is 0.226 e. The molecule has 112 valence electrons. The van der Waals surface area contributed by atoms with E-state index in [0.717, 1.165) is 31.3 Å². The first-order valence-electron chi connectivity index (χ1n) is 8.66. The van der Waals surface area contributed by atoms with Crippen molar-refractivity contribution in [3.63, 3.8) is 0 Å². The summed E-state index contributed by atoms with van der Waals surface area (Å²) in [6.45, 7) is 3.95. The summed E-state index contributed by atoms with van der Waals surface area (Å²) >= 11 is 0. The number of nitrogens with two attached hydrogens (primary N) is 1. The smallest absolute Gasteiger partial charge is 0.226 e. The van der Waals surface area contributed by atoms with Gasteiger partial charge in [0.2, 0.25) is 5.91 Å². The lowest BCUT2D eigenvalue weighted by atomic mass is 9.51. The Morgan fingerprint density at radius 3 is 2.20 bits per heavy atom. The molecule has 5 rings (SSSR count). The normalized spacial score (nSPS) is 47.8. The van der Waals surface area contributed by atoms with Crippen LogP contribution >= 0.6 is 0 Å². The van der Waals surface area contributed by atoms with Crippen LogP contribution in [0, 0.1) is 35.5 Å². The Labute approximate surface area is 122 Å². The van der Waals surface area contributed by atoms with E-state index < -0.39 is 0 Å². The Bertz CT molecular complexity index is 378. The van der Waals surface area contributed by atoms with Crippen LogP contribution < -0.4 is 5.73 Å². The number of amides is 1. The molecule has 3 heteroatoms. The first-order valence-corrected chi connectivity index (χ1v) is 8.66. The fourth-order valence-electron chi connectivity index (χ4n) is 5.96. The predicted molar refractivity (Wildman–Crippen MR) is 78.9 cm³/mol. The lowest BCUT2D eigenvalue weighted by molar-refractivity contribution is -0.148. The zero-order valence-corrected chi connectivity index (χ0v) is 12.6. The SMILES string of the molecule is CC(N)C1CCN(C(=O)C2C3CC4CC(C3)CC2C4)C1. The van der Waals surface area contributed by atoms with Crippen molar-refractivity contribution in [2.24, 2.45) is 41.2 Å². The van der Waals surface area contributed by atoms with Gasteiger partial charge in [0, 0.05) is 25.0 Å². The van der Waals surface area contributed by atoms with Crippen molar-refractivity contribution in [1.29, 1.82) is 0 Å². The van der Waals surface area contributed by atoms with Gasteiger partial charge in [-0.3, -0.25) is 4.79 Å². The molecular weight excluding hydrogens is 248 g/mol. The number of likely N-dealkylation sites (tertiary alicyclic amines) is 1. The molecule has 5 aliphatic rings. The molecule has 2 atom stereocenters. The summed E-state index contributed by atoms with van der Waals surface area (Å²) in [5.74, 6) is 4.72. The van der Waals surface area contributed by atoms with E-state index in [0.29, 0.717) is 29.6 Å². The Kier molecular flexibility index (Phi) is 3.10. The van der Waals surface area contributed by atoms with Gasteiger partial charge in [-0.1, -0.05) is 0 Å². The van der Waals surface area contributed by atoms with Crippen molar-refractivity contribution in [3.05, 3.63) is 0 Å². The fraction of sp³-hybridized carbons (Fsp3) is 0.941. The van der Waals surface area contributed by atoms with Crippen molar-refractivity contribution >= 4 is 5.91 Å². The van der Waals surface area contributed by atoms with E-state index in [1.807, 2.05) is 0 Å². The van der Waals surface area contributed by atoms with E-state index in [9.17, 15) is 4.79 Å². The van der Waals surface area contributed by atoms with Crippen LogP contribution in [0.15, 0.2) is 0 Å². The van der Waals surface area contributed by atoms with Crippen molar-refractivity contribution in [3.8, 4) is 0 Å². The van der Waals surface area contributed by atoms with Crippen LogP contribution in [0.3, 0.4) is 0 Å². The quantitative estimate of drug-likeness (QED) is 0.841. The average Bonchev–Trinajstić information content (AvgIpc) is 2.86. The molecule has 0 spiro atoms. The molecule has 1 heterocycles. The Hall–Kier alpha value is -0.570. The number of carbonyl (C=O) groups is 1. The van der Waals surface area contributed by atoms with Gasteiger partial charge in [0.25, 0.3) is 0 Å². The van der Waals surface area contributed by atoms with Gasteiger partial charge in [0.15, 0.2) is 0 Å². The molecular formula is C17H28N2O. The summed E-state index contributed by atoms with van der Waals surface area (Å²) in [5, 5.41) is 0. The highest BCUT2D eigenvalue weighted by molar-refractivity contribution is 5.80. The third-order valence-electron chi connectivity index (χ3n) is 6.79. The molecule has 4 aliphatic carbocycles. The van der Waals surface area contributed by atoms with Crippen molar-refractivity contribution < 1.29 is 4.79 Å². The molecule has 1 saturated heterocycles. The number of rotatable bonds is 2.